The van der Waals surface area contributed by atoms with Gasteiger partial charge in [-0.15, -0.1) is 24.0 Å². The molecule has 1 unspecified atom stereocenters. The van der Waals surface area contributed by atoms with E-state index in [0.717, 1.165) is 22.5 Å². The van der Waals surface area contributed by atoms with Crippen molar-refractivity contribution in [1.29, 1.82) is 0 Å². The van der Waals surface area contributed by atoms with E-state index in [-0.39, 0.29) is 30.0 Å². The molecule has 1 atom stereocenters. The van der Waals surface area contributed by atoms with Gasteiger partial charge < -0.3 is 15.4 Å². The first-order valence-corrected chi connectivity index (χ1v) is 7.71. The summed E-state index contributed by atoms with van der Waals surface area (Å²) >= 11 is 9.58. The fraction of sp³-hybridized carbons (Fsp3) is 0.500. The Labute approximate surface area is 157 Å². The number of ether oxygens (including phenoxy) is 1. The van der Waals surface area contributed by atoms with Crippen molar-refractivity contribution in [2.75, 3.05) is 20.3 Å². The second kappa shape index (κ2) is 11.5. The van der Waals surface area contributed by atoms with Crippen molar-refractivity contribution in [3.63, 3.8) is 0 Å². The number of rotatable bonds is 6. The van der Waals surface area contributed by atoms with Crippen molar-refractivity contribution in [3.05, 3.63) is 33.3 Å². The summed E-state index contributed by atoms with van der Waals surface area (Å²) in [6.45, 7) is 6.04. The van der Waals surface area contributed by atoms with E-state index in [9.17, 15) is 0 Å². The van der Waals surface area contributed by atoms with Crippen LogP contribution < -0.4 is 10.6 Å². The number of methoxy groups -OCH3 is 1. The zero-order valence-electron chi connectivity index (χ0n) is 12.5. The zero-order valence-corrected chi connectivity index (χ0v) is 17.1. The van der Waals surface area contributed by atoms with Gasteiger partial charge in [0.1, 0.15) is 0 Å². The molecule has 0 radical (unpaired) electrons. The summed E-state index contributed by atoms with van der Waals surface area (Å²) in [5.74, 6) is 0.760. The maximum Gasteiger partial charge on any atom is 0.191 e. The van der Waals surface area contributed by atoms with Gasteiger partial charge in [-0.25, -0.2) is 4.99 Å². The molecule has 7 heteroatoms. The molecule has 120 valence electrons. The fourth-order valence-electron chi connectivity index (χ4n) is 1.66. The molecule has 0 amide bonds. The Morgan fingerprint density at radius 2 is 2.19 bits per heavy atom. The molecule has 1 aromatic rings. The first kappa shape index (κ1) is 20.9. The average molecular weight is 491 g/mol. The molecule has 1 aromatic carbocycles. The Bertz CT molecular complexity index is 460. The van der Waals surface area contributed by atoms with Crippen LogP contribution in [0.3, 0.4) is 0 Å². The molecular formula is C14H22BrClIN3O. The molecule has 2 N–H and O–H groups in total. The molecule has 0 aliphatic carbocycles. The lowest BCUT2D eigenvalue weighted by molar-refractivity contribution is 0.179. The minimum Gasteiger partial charge on any atom is -0.383 e. The summed E-state index contributed by atoms with van der Waals surface area (Å²) in [4.78, 5) is 4.54. The highest BCUT2D eigenvalue weighted by atomic mass is 127. The number of nitrogens with zero attached hydrogens (tertiary/aromatic N) is 1. The second-order valence-corrected chi connectivity index (χ2v) is 5.75. The summed E-state index contributed by atoms with van der Waals surface area (Å²) in [6.07, 6.45) is 0. The number of hydrogen-bond donors (Lipinski definition) is 2. The Morgan fingerprint density at radius 3 is 2.76 bits per heavy atom. The van der Waals surface area contributed by atoms with Crippen molar-refractivity contribution >= 4 is 57.5 Å². The van der Waals surface area contributed by atoms with Gasteiger partial charge in [-0.1, -0.05) is 33.6 Å². The summed E-state index contributed by atoms with van der Waals surface area (Å²) in [5, 5.41) is 7.20. The van der Waals surface area contributed by atoms with Gasteiger partial charge in [-0.3, -0.25) is 0 Å². The quantitative estimate of drug-likeness (QED) is 0.362. The molecule has 0 aromatic heterocycles. The lowest BCUT2D eigenvalue weighted by Crippen LogP contribution is -2.43. The summed E-state index contributed by atoms with van der Waals surface area (Å²) in [7, 11) is 1.68. The van der Waals surface area contributed by atoms with Gasteiger partial charge in [-0.05, 0) is 31.5 Å². The van der Waals surface area contributed by atoms with Gasteiger partial charge >= 0.3 is 0 Å². The molecular weight excluding hydrogens is 468 g/mol. The van der Waals surface area contributed by atoms with Gasteiger partial charge in [0.25, 0.3) is 0 Å². The topological polar surface area (TPSA) is 45.7 Å². The maximum atomic E-state index is 6.19. The van der Waals surface area contributed by atoms with E-state index in [1.165, 1.54) is 0 Å². The first-order valence-electron chi connectivity index (χ1n) is 6.54. The lowest BCUT2D eigenvalue weighted by atomic mass is 10.2. The third-order valence-corrected chi connectivity index (χ3v) is 3.41. The highest BCUT2D eigenvalue weighted by Crippen LogP contribution is 2.21. The number of halogens is 3. The van der Waals surface area contributed by atoms with Crippen LogP contribution >= 0.6 is 51.5 Å². The van der Waals surface area contributed by atoms with Gasteiger partial charge in [0.05, 0.1) is 13.2 Å². The van der Waals surface area contributed by atoms with Crippen LogP contribution in [0.1, 0.15) is 19.4 Å². The Kier molecular flexibility index (Phi) is 11.5. The van der Waals surface area contributed by atoms with E-state index in [1.54, 1.807) is 7.11 Å². The predicted octanol–water partition coefficient (Wildman–Crippen LogP) is 3.81. The highest BCUT2D eigenvalue weighted by Gasteiger charge is 2.05. The third-order valence-electron chi connectivity index (χ3n) is 2.57. The number of guanidine groups is 1. The van der Waals surface area contributed by atoms with Crippen LogP contribution in [0.5, 0.6) is 0 Å². The Morgan fingerprint density at radius 1 is 1.48 bits per heavy atom. The number of hydrogen-bond acceptors (Lipinski definition) is 2. The van der Waals surface area contributed by atoms with E-state index in [4.69, 9.17) is 16.3 Å². The van der Waals surface area contributed by atoms with Crippen LogP contribution in [-0.4, -0.2) is 32.3 Å². The van der Waals surface area contributed by atoms with E-state index >= 15 is 0 Å². The lowest BCUT2D eigenvalue weighted by Gasteiger charge is -2.17. The monoisotopic (exact) mass is 489 g/mol. The van der Waals surface area contributed by atoms with Gasteiger partial charge in [0, 0.05) is 29.2 Å². The summed E-state index contributed by atoms with van der Waals surface area (Å²) < 4.78 is 6.07. The largest absolute Gasteiger partial charge is 0.383 e. The van der Waals surface area contributed by atoms with Crippen molar-refractivity contribution in [2.45, 2.75) is 26.4 Å². The van der Waals surface area contributed by atoms with Crippen LogP contribution in [-0.2, 0) is 11.3 Å². The zero-order chi connectivity index (χ0) is 15.0. The molecule has 0 spiro atoms. The SMILES string of the molecule is CCNC(=NCc1ccc(Br)cc1Cl)NC(C)COC.I. The maximum absolute atomic E-state index is 6.19. The normalized spacial score (nSPS) is 12.5. The Balaban J connectivity index is 0.00000400. The molecule has 0 aliphatic heterocycles. The van der Waals surface area contributed by atoms with Crippen molar-refractivity contribution in [2.24, 2.45) is 4.99 Å². The van der Waals surface area contributed by atoms with Crippen molar-refractivity contribution < 1.29 is 4.74 Å². The number of nitrogens with one attached hydrogen (secondary N) is 2. The van der Waals surface area contributed by atoms with Crippen molar-refractivity contribution in [3.8, 4) is 0 Å². The second-order valence-electron chi connectivity index (χ2n) is 4.43. The molecule has 0 bridgehead atoms. The van der Waals surface area contributed by atoms with Crippen molar-refractivity contribution in [1.82, 2.24) is 10.6 Å². The highest BCUT2D eigenvalue weighted by molar-refractivity contribution is 14.0. The fourth-order valence-corrected chi connectivity index (χ4v) is 2.39. The molecule has 21 heavy (non-hydrogen) atoms. The van der Waals surface area contributed by atoms with Gasteiger partial charge in [0.2, 0.25) is 0 Å². The first-order chi connectivity index (χ1) is 9.56. The average Bonchev–Trinajstić information content (AvgIpc) is 2.38. The van der Waals surface area contributed by atoms with Crippen LogP contribution in [0.4, 0.5) is 0 Å². The number of aliphatic imine (C=N–C) groups is 1. The molecule has 0 saturated carbocycles. The molecule has 0 heterocycles. The summed E-state index contributed by atoms with van der Waals surface area (Å²) in [6, 6.07) is 6.00. The number of benzene rings is 1. The minimum atomic E-state index is 0. The van der Waals surface area contributed by atoms with Crippen LogP contribution in [0, 0.1) is 0 Å². The van der Waals surface area contributed by atoms with Gasteiger partial charge in [-0.2, -0.15) is 0 Å². The van der Waals surface area contributed by atoms with Gasteiger partial charge in [0.15, 0.2) is 5.96 Å². The Hall–Kier alpha value is -0.0500. The van der Waals surface area contributed by atoms with E-state index < -0.39 is 0 Å². The van der Waals surface area contributed by atoms with E-state index in [1.807, 2.05) is 32.0 Å². The van der Waals surface area contributed by atoms with Crippen LogP contribution in [0.25, 0.3) is 0 Å². The predicted molar refractivity (Wildman–Crippen MR) is 104 cm³/mol. The minimum absolute atomic E-state index is 0. The molecule has 0 aliphatic rings. The smallest absolute Gasteiger partial charge is 0.191 e. The molecule has 1 rings (SSSR count). The molecule has 4 nitrogen and oxygen atoms in total. The molecule has 0 fully saturated rings. The third kappa shape index (κ3) is 8.23. The van der Waals surface area contributed by atoms with E-state index in [0.29, 0.717) is 18.2 Å². The molecule has 0 saturated heterocycles. The van der Waals surface area contributed by atoms with Crippen LogP contribution in [0.2, 0.25) is 5.02 Å². The van der Waals surface area contributed by atoms with Crippen LogP contribution in [0.15, 0.2) is 27.7 Å². The van der Waals surface area contributed by atoms with E-state index in [2.05, 4.69) is 31.6 Å². The standard InChI is InChI=1S/C14H21BrClN3O.HI/c1-4-17-14(19-10(2)9-20-3)18-8-11-5-6-12(15)7-13(11)16;/h5-7,10H,4,8-9H2,1-3H3,(H2,17,18,19);1H. The summed E-state index contributed by atoms with van der Waals surface area (Å²) in [5.41, 5.74) is 0.992.